The van der Waals surface area contributed by atoms with E-state index in [0.29, 0.717) is 17.8 Å². The van der Waals surface area contributed by atoms with Crippen molar-refractivity contribution in [3.8, 4) is 11.3 Å². The Labute approximate surface area is 154 Å². The monoisotopic (exact) mass is 350 g/mol. The van der Waals surface area contributed by atoms with Crippen LogP contribution in [0.5, 0.6) is 0 Å². The number of hydrogen-bond acceptors (Lipinski definition) is 4. The first kappa shape index (κ1) is 17.1. The van der Waals surface area contributed by atoms with Gasteiger partial charge < -0.3 is 5.32 Å². The Morgan fingerprint density at radius 3 is 2.69 bits per heavy atom. The maximum Gasteiger partial charge on any atom is 0.223 e. The van der Waals surface area contributed by atoms with E-state index in [2.05, 4.69) is 27.2 Å². The molecule has 1 amide bonds. The molecule has 136 valence electrons. The van der Waals surface area contributed by atoms with Crippen molar-refractivity contribution in [2.75, 3.05) is 6.54 Å². The number of rotatable bonds is 5. The lowest BCUT2D eigenvalue weighted by Gasteiger charge is -2.29. The third-order valence-electron chi connectivity index (χ3n) is 5.93. The number of carbonyl (C=O) groups is 1. The highest BCUT2D eigenvalue weighted by Crippen LogP contribution is 2.39. The van der Waals surface area contributed by atoms with Gasteiger partial charge in [0.15, 0.2) is 0 Å². The van der Waals surface area contributed by atoms with E-state index in [9.17, 15) is 4.79 Å². The number of amides is 1. The molecule has 0 spiro atoms. The molecule has 26 heavy (non-hydrogen) atoms. The van der Waals surface area contributed by atoms with E-state index in [1.54, 1.807) is 6.33 Å². The molecule has 5 nitrogen and oxygen atoms in total. The highest BCUT2D eigenvalue weighted by molar-refractivity contribution is 5.81. The standard InChI is InChI=1S/C21H26N4O/c1-14-10-17(14)21(26)24-11-15-5-7-16(8-6-15)20-18(12-22-13-25-20)19-4-2-3-9-23-19/h2-4,9,12-17H,5-8,10-11H2,1H3,(H,24,26)/t14-,15?,16?,17+/m0/s1. The Bertz CT molecular complexity index is 756. The van der Waals surface area contributed by atoms with Crippen LogP contribution in [-0.2, 0) is 4.79 Å². The first-order valence-corrected chi connectivity index (χ1v) is 9.71. The smallest absolute Gasteiger partial charge is 0.223 e. The molecule has 2 heterocycles. The minimum atomic E-state index is 0.257. The molecule has 2 atom stereocenters. The number of nitrogens with one attached hydrogen (secondary N) is 1. The lowest BCUT2D eigenvalue weighted by Crippen LogP contribution is -2.32. The summed E-state index contributed by atoms with van der Waals surface area (Å²) < 4.78 is 0. The van der Waals surface area contributed by atoms with Gasteiger partial charge in [-0.25, -0.2) is 9.97 Å². The SMILES string of the molecule is C[C@H]1C[C@H]1C(=O)NCC1CCC(c2ncncc2-c2ccccn2)CC1. The summed E-state index contributed by atoms with van der Waals surface area (Å²) in [5, 5.41) is 3.16. The van der Waals surface area contributed by atoms with E-state index in [4.69, 9.17) is 0 Å². The van der Waals surface area contributed by atoms with Crippen LogP contribution in [0.2, 0.25) is 0 Å². The summed E-state index contributed by atoms with van der Waals surface area (Å²) in [5.41, 5.74) is 3.11. The molecule has 2 aromatic rings. The fourth-order valence-electron chi connectivity index (χ4n) is 4.09. The molecule has 2 fully saturated rings. The molecule has 2 aliphatic carbocycles. The minimum Gasteiger partial charge on any atom is -0.356 e. The molecule has 1 N–H and O–H groups in total. The van der Waals surface area contributed by atoms with Crippen molar-refractivity contribution in [2.24, 2.45) is 17.8 Å². The molecule has 2 aliphatic rings. The maximum absolute atomic E-state index is 12.0. The van der Waals surface area contributed by atoms with Crippen molar-refractivity contribution >= 4 is 5.91 Å². The zero-order valence-electron chi connectivity index (χ0n) is 15.3. The van der Waals surface area contributed by atoms with Gasteiger partial charge in [-0.05, 0) is 56.1 Å². The second-order valence-corrected chi connectivity index (χ2v) is 7.82. The van der Waals surface area contributed by atoms with Crippen LogP contribution >= 0.6 is 0 Å². The van der Waals surface area contributed by atoms with E-state index in [0.717, 1.165) is 55.6 Å². The third kappa shape index (κ3) is 3.76. The fourth-order valence-corrected chi connectivity index (χ4v) is 4.09. The normalized spacial score (nSPS) is 27.7. The quantitative estimate of drug-likeness (QED) is 0.895. The Kier molecular flexibility index (Phi) is 4.96. The van der Waals surface area contributed by atoms with E-state index in [-0.39, 0.29) is 11.8 Å². The van der Waals surface area contributed by atoms with Crippen LogP contribution in [-0.4, -0.2) is 27.4 Å². The highest BCUT2D eigenvalue weighted by Gasteiger charge is 2.39. The summed E-state index contributed by atoms with van der Waals surface area (Å²) in [4.78, 5) is 25.3. The van der Waals surface area contributed by atoms with Crippen molar-refractivity contribution in [3.63, 3.8) is 0 Å². The first-order valence-electron chi connectivity index (χ1n) is 9.71. The van der Waals surface area contributed by atoms with E-state index in [1.165, 1.54) is 0 Å². The van der Waals surface area contributed by atoms with Crippen molar-refractivity contribution < 1.29 is 4.79 Å². The average Bonchev–Trinajstić information content (AvgIpc) is 3.44. The van der Waals surface area contributed by atoms with Crippen LogP contribution in [0.4, 0.5) is 0 Å². The lowest BCUT2D eigenvalue weighted by molar-refractivity contribution is -0.122. The van der Waals surface area contributed by atoms with Gasteiger partial charge in [-0.15, -0.1) is 0 Å². The van der Waals surface area contributed by atoms with Gasteiger partial charge in [-0.3, -0.25) is 9.78 Å². The van der Waals surface area contributed by atoms with Gasteiger partial charge in [0.1, 0.15) is 6.33 Å². The maximum atomic E-state index is 12.0. The van der Waals surface area contributed by atoms with Crippen LogP contribution in [0.1, 0.15) is 50.6 Å². The van der Waals surface area contributed by atoms with Gasteiger partial charge in [0.05, 0.1) is 11.4 Å². The summed E-state index contributed by atoms with van der Waals surface area (Å²) in [5.74, 6) is 2.14. The Morgan fingerprint density at radius 1 is 1.19 bits per heavy atom. The number of pyridine rings is 1. The molecule has 2 aromatic heterocycles. The number of hydrogen-bond donors (Lipinski definition) is 1. The third-order valence-corrected chi connectivity index (χ3v) is 5.93. The molecule has 0 bridgehead atoms. The molecule has 0 saturated heterocycles. The molecule has 0 unspecified atom stereocenters. The number of nitrogens with zero attached hydrogens (tertiary/aromatic N) is 3. The molecule has 0 aliphatic heterocycles. The summed E-state index contributed by atoms with van der Waals surface area (Å²) in [6, 6.07) is 5.94. The molecule has 2 saturated carbocycles. The van der Waals surface area contributed by atoms with Crippen LogP contribution in [0.25, 0.3) is 11.3 Å². The van der Waals surface area contributed by atoms with E-state index < -0.39 is 0 Å². The zero-order valence-corrected chi connectivity index (χ0v) is 15.3. The van der Waals surface area contributed by atoms with Crippen molar-refractivity contribution in [1.29, 1.82) is 0 Å². The molecule has 0 aromatic carbocycles. The largest absolute Gasteiger partial charge is 0.356 e. The lowest BCUT2D eigenvalue weighted by atomic mass is 9.79. The topological polar surface area (TPSA) is 67.8 Å². The fraction of sp³-hybridized carbons (Fsp3) is 0.524. The van der Waals surface area contributed by atoms with Crippen LogP contribution < -0.4 is 5.32 Å². The predicted molar refractivity (Wildman–Crippen MR) is 100 cm³/mol. The van der Waals surface area contributed by atoms with Gasteiger partial charge in [0.25, 0.3) is 0 Å². The van der Waals surface area contributed by atoms with Gasteiger partial charge in [-0.2, -0.15) is 0 Å². The average molecular weight is 350 g/mol. The van der Waals surface area contributed by atoms with Gasteiger partial charge in [0, 0.05) is 36.3 Å². The summed E-state index contributed by atoms with van der Waals surface area (Å²) in [6.07, 6.45) is 10.9. The molecule has 5 heteroatoms. The van der Waals surface area contributed by atoms with E-state index >= 15 is 0 Å². The first-order chi connectivity index (χ1) is 12.7. The summed E-state index contributed by atoms with van der Waals surface area (Å²) in [7, 11) is 0. The van der Waals surface area contributed by atoms with Crippen LogP contribution in [0.15, 0.2) is 36.9 Å². The Morgan fingerprint density at radius 2 is 2.00 bits per heavy atom. The molecular weight excluding hydrogens is 324 g/mol. The highest BCUT2D eigenvalue weighted by atomic mass is 16.2. The summed E-state index contributed by atoms with van der Waals surface area (Å²) in [6.45, 7) is 2.97. The second-order valence-electron chi connectivity index (χ2n) is 7.82. The Balaban J connectivity index is 1.36. The van der Waals surface area contributed by atoms with E-state index in [1.807, 2.05) is 30.6 Å². The van der Waals surface area contributed by atoms with Gasteiger partial charge in [0.2, 0.25) is 5.91 Å². The minimum absolute atomic E-state index is 0.257. The second kappa shape index (κ2) is 7.52. The van der Waals surface area contributed by atoms with Crippen LogP contribution in [0.3, 0.4) is 0 Å². The molecule has 4 rings (SSSR count). The van der Waals surface area contributed by atoms with Gasteiger partial charge in [-0.1, -0.05) is 13.0 Å². The Hall–Kier alpha value is -2.30. The predicted octanol–water partition coefficient (Wildman–Crippen LogP) is 3.58. The molecular formula is C21H26N4O. The zero-order chi connectivity index (χ0) is 17.9. The number of carbonyl (C=O) groups excluding carboxylic acids is 1. The molecule has 0 radical (unpaired) electrons. The van der Waals surface area contributed by atoms with Gasteiger partial charge >= 0.3 is 0 Å². The van der Waals surface area contributed by atoms with Crippen LogP contribution in [0, 0.1) is 17.8 Å². The van der Waals surface area contributed by atoms with Crippen molar-refractivity contribution in [3.05, 3.63) is 42.6 Å². The van der Waals surface area contributed by atoms with Crippen molar-refractivity contribution in [2.45, 2.75) is 44.9 Å². The van der Waals surface area contributed by atoms with Crippen molar-refractivity contribution in [1.82, 2.24) is 20.3 Å². The number of aromatic nitrogens is 3. The summed E-state index contributed by atoms with van der Waals surface area (Å²) >= 11 is 0.